The van der Waals surface area contributed by atoms with E-state index in [0.717, 1.165) is 11.1 Å². The molecule has 1 amide bonds. The van der Waals surface area contributed by atoms with Crippen molar-refractivity contribution in [2.75, 3.05) is 18.5 Å². The lowest BCUT2D eigenvalue weighted by Gasteiger charge is -2.20. The maximum absolute atomic E-state index is 11.7. The van der Waals surface area contributed by atoms with Gasteiger partial charge in [-0.2, -0.15) is 0 Å². The highest BCUT2D eigenvalue weighted by atomic mass is 16.6. The van der Waals surface area contributed by atoms with Crippen LogP contribution < -0.4 is 11.1 Å². The zero-order chi connectivity index (χ0) is 26.8. The van der Waals surface area contributed by atoms with E-state index in [9.17, 15) is 20.1 Å². The summed E-state index contributed by atoms with van der Waals surface area (Å²) in [4.78, 5) is 25.4. The molecule has 0 unspecified atom stereocenters. The Morgan fingerprint density at radius 3 is 2.21 bits per heavy atom. The van der Waals surface area contributed by atoms with Crippen molar-refractivity contribution in [1.82, 2.24) is 19.5 Å². The van der Waals surface area contributed by atoms with Crippen LogP contribution in [0.4, 0.5) is 5.82 Å². The van der Waals surface area contributed by atoms with Gasteiger partial charge >= 0.3 is 0 Å². The smallest absolute Gasteiger partial charge is 0.225 e. The Kier molecular flexibility index (Phi) is 7.34. The largest absolute Gasteiger partial charge is 0.394 e. The molecule has 4 aromatic rings. The van der Waals surface area contributed by atoms with E-state index in [0.29, 0.717) is 29.4 Å². The first-order valence-corrected chi connectivity index (χ1v) is 12.4. The van der Waals surface area contributed by atoms with E-state index < -0.39 is 37.1 Å². The van der Waals surface area contributed by atoms with E-state index in [-0.39, 0.29) is 18.2 Å². The first-order valence-electron chi connectivity index (χ1n) is 12.4. The second kappa shape index (κ2) is 10.8. The Morgan fingerprint density at radius 2 is 1.66 bits per heavy atom. The standard InChI is InChI=1S/C27H30N6O5/c1-15-30-22-25(29-13-18(16-8-4-2-5-9-16)17-10-6-3-7-11-17)31-21(12-20(28)35)32-26(22)33(15)27-24(37)23(36)19(14-34)38-27/h2-11,18-19,23-24,27,34,36-37H,12-14H2,1H3,(H2,28,35)(H,29,31,32)/t19-,23-,24-,27-/m1/s1. The third kappa shape index (κ3) is 4.96. The van der Waals surface area contributed by atoms with Crippen LogP contribution in [0.1, 0.15) is 34.9 Å². The fraction of sp³-hybridized carbons (Fsp3) is 0.333. The highest BCUT2D eigenvalue weighted by molar-refractivity contribution is 5.85. The number of hydrogen-bond acceptors (Lipinski definition) is 9. The molecule has 6 N–H and O–H groups in total. The molecule has 0 saturated carbocycles. The van der Waals surface area contributed by atoms with Crippen molar-refractivity contribution >= 4 is 22.9 Å². The van der Waals surface area contributed by atoms with Gasteiger partial charge < -0.3 is 31.1 Å². The summed E-state index contributed by atoms with van der Waals surface area (Å²) >= 11 is 0. The van der Waals surface area contributed by atoms with Crippen LogP contribution in [0.3, 0.4) is 0 Å². The van der Waals surface area contributed by atoms with Gasteiger partial charge in [0.05, 0.1) is 13.0 Å². The summed E-state index contributed by atoms with van der Waals surface area (Å²) in [7, 11) is 0. The molecule has 1 fully saturated rings. The van der Waals surface area contributed by atoms with E-state index in [1.165, 1.54) is 0 Å². The van der Waals surface area contributed by atoms with Crippen molar-refractivity contribution in [3.8, 4) is 0 Å². The van der Waals surface area contributed by atoms with Crippen molar-refractivity contribution in [1.29, 1.82) is 0 Å². The number of anilines is 1. The number of primary amides is 1. The number of nitrogens with one attached hydrogen (secondary N) is 1. The fourth-order valence-electron chi connectivity index (χ4n) is 4.88. The van der Waals surface area contributed by atoms with E-state index in [1.807, 2.05) is 36.4 Å². The SMILES string of the molecule is Cc1nc2c(NCC(c3ccccc3)c3ccccc3)nc(CC(N)=O)nc2n1[C@@H]1O[C@H](CO)[C@@H](O)[C@H]1O. The lowest BCUT2D eigenvalue weighted by Crippen LogP contribution is -2.33. The van der Waals surface area contributed by atoms with Gasteiger partial charge in [0.25, 0.3) is 0 Å². The number of benzene rings is 2. The zero-order valence-corrected chi connectivity index (χ0v) is 20.8. The minimum absolute atomic E-state index is 0.00867. The number of fused-ring (bicyclic) bond motifs is 1. The molecule has 2 aromatic heterocycles. The van der Waals surface area contributed by atoms with Crippen LogP contribution in [0.25, 0.3) is 11.2 Å². The molecule has 1 aliphatic rings. The lowest BCUT2D eigenvalue weighted by atomic mass is 9.91. The molecule has 0 bridgehead atoms. The first-order chi connectivity index (χ1) is 18.4. The molecule has 11 nitrogen and oxygen atoms in total. The van der Waals surface area contributed by atoms with Gasteiger partial charge in [-0.3, -0.25) is 9.36 Å². The number of hydrogen-bond donors (Lipinski definition) is 5. The Morgan fingerprint density at radius 1 is 1.03 bits per heavy atom. The van der Waals surface area contributed by atoms with Crippen molar-refractivity contribution in [2.45, 2.75) is 43.8 Å². The van der Waals surface area contributed by atoms with Crippen LogP contribution in [-0.2, 0) is 16.0 Å². The zero-order valence-electron chi connectivity index (χ0n) is 20.8. The van der Waals surface area contributed by atoms with Gasteiger partial charge in [0.15, 0.2) is 23.2 Å². The Hall–Kier alpha value is -3.90. The molecule has 1 saturated heterocycles. The molecule has 3 heterocycles. The minimum Gasteiger partial charge on any atom is -0.394 e. The summed E-state index contributed by atoms with van der Waals surface area (Å²) in [6, 6.07) is 20.2. The molecule has 0 spiro atoms. The van der Waals surface area contributed by atoms with Gasteiger partial charge in [-0.05, 0) is 18.1 Å². The Bertz CT molecular complexity index is 1370. The molecule has 4 atom stereocenters. The first kappa shape index (κ1) is 25.7. The number of amides is 1. The molecule has 1 aliphatic heterocycles. The van der Waals surface area contributed by atoms with Gasteiger partial charge in [0.1, 0.15) is 30.0 Å². The molecule has 2 aromatic carbocycles. The molecule has 0 aliphatic carbocycles. The van der Waals surface area contributed by atoms with Crippen molar-refractivity contribution < 1.29 is 24.9 Å². The van der Waals surface area contributed by atoms with Crippen molar-refractivity contribution in [3.05, 3.63) is 83.4 Å². The summed E-state index contributed by atoms with van der Waals surface area (Å²) in [6.07, 6.45) is -4.82. The molecule has 38 heavy (non-hydrogen) atoms. The monoisotopic (exact) mass is 518 g/mol. The van der Waals surface area contributed by atoms with Gasteiger partial charge in [-0.25, -0.2) is 15.0 Å². The maximum atomic E-state index is 11.7. The molecule has 0 radical (unpaired) electrons. The summed E-state index contributed by atoms with van der Waals surface area (Å²) in [6.45, 7) is 1.72. The minimum atomic E-state index is -1.32. The average molecular weight is 519 g/mol. The lowest BCUT2D eigenvalue weighted by molar-refractivity contribution is -0.117. The number of nitrogens with zero attached hydrogens (tertiary/aromatic N) is 4. The highest BCUT2D eigenvalue weighted by Gasteiger charge is 2.44. The van der Waals surface area contributed by atoms with Gasteiger partial charge in [0, 0.05) is 12.5 Å². The van der Waals surface area contributed by atoms with Crippen LogP contribution in [0.5, 0.6) is 0 Å². The second-order valence-electron chi connectivity index (χ2n) is 9.32. The quantitative estimate of drug-likeness (QED) is 0.217. The van der Waals surface area contributed by atoms with Gasteiger partial charge in [0.2, 0.25) is 5.91 Å². The maximum Gasteiger partial charge on any atom is 0.225 e. The Labute approximate surface area is 218 Å². The fourth-order valence-corrected chi connectivity index (χ4v) is 4.88. The van der Waals surface area contributed by atoms with E-state index >= 15 is 0 Å². The number of imidazole rings is 1. The number of aryl methyl sites for hydroxylation is 1. The van der Waals surface area contributed by atoms with Crippen LogP contribution >= 0.6 is 0 Å². The summed E-state index contributed by atoms with van der Waals surface area (Å²) in [5, 5.41) is 33.9. The Balaban J connectivity index is 1.55. The van der Waals surface area contributed by atoms with Crippen LogP contribution in [0.2, 0.25) is 0 Å². The summed E-state index contributed by atoms with van der Waals surface area (Å²) in [5.74, 6) is 0.419. The summed E-state index contributed by atoms with van der Waals surface area (Å²) < 4.78 is 7.29. The number of carbonyl (C=O) groups is 1. The highest BCUT2D eigenvalue weighted by Crippen LogP contribution is 2.34. The third-order valence-electron chi connectivity index (χ3n) is 6.74. The number of carbonyl (C=O) groups excluding carboxylic acids is 1. The number of aliphatic hydroxyl groups is 3. The number of nitrogens with two attached hydrogens (primary N) is 1. The van der Waals surface area contributed by atoms with Gasteiger partial charge in [-0.1, -0.05) is 60.7 Å². The number of rotatable bonds is 9. The molecular formula is C27H30N6O5. The number of aliphatic hydroxyl groups excluding tert-OH is 3. The second-order valence-corrected chi connectivity index (χ2v) is 9.32. The van der Waals surface area contributed by atoms with Crippen molar-refractivity contribution in [2.24, 2.45) is 5.73 Å². The van der Waals surface area contributed by atoms with E-state index in [2.05, 4.69) is 44.5 Å². The summed E-state index contributed by atoms with van der Waals surface area (Å²) in [5.41, 5.74) is 8.39. The van der Waals surface area contributed by atoms with Crippen LogP contribution in [0.15, 0.2) is 60.7 Å². The molecule has 11 heteroatoms. The molecule has 198 valence electrons. The van der Waals surface area contributed by atoms with E-state index in [1.54, 1.807) is 11.5 Å². The van der Waals surface area contributed by atoms with E-state index in [4.69, 9.17) is 10.5 Å². The van der Waals surface area contributed by atoms with Gasteiger partial charge in [-0.15, -0.1) is 0 Å². The van der Waals surface area contributed by atoms with Crippen LogP contribution in [-0.4, -0.2) is 72.2 Å². The number of ether oxygens (including phenoxy) is 1. The predicted octanol–water partition coefficient (Wildman–Crippen LogP) is 1.02. The van der Waals surface area contributed by atoms with Crippen LogP contribution in [0, 0.1) is 6.92 Å². The normalized spacial score (nSPS) is 21.3. The average Bonchev–Trinajstić information content (AvgIpc) is 3.39. The molecule has 5 rings (SSSR count). The third-order valence-corrected chi connectivity index (χ3v) is 6.74. The predicted molar refractivity (Wildman–Crippen MR) is 139 cm³/mol. The topological polar surface area (TPSA) is 169 Å². The van der Waals surface area contributed by atoms with Crippen molar-refractivity contribution in [3.63, 3.8) is 0 Å². The molecular weight excluding hydrogens is 488 g/mol. The number of aromatic nitrogens is 4.